The Kier molecular flexibility index (Phi) is 8.40. The van der Waals surface area contributed by atoms with Gasteiger partial charge in [0, 0.05) is 17.9 Å². The summed E-state index contributed by atoms with van der Waals surface area (Å²) >= 11 is 0. The van der Waals surface area contributed by atoms with E-state index in [1.54, 1.807) is 0 Å². The summed E-state index contributed by atoms with van der Waals surface area (Å²) in [5.74, 6) is 0.390. The molecule has 5 aliphatic rings. The van der Waals surface area contributed by atoms with Gasteiger partial charge in [0.2, 0.25) is 11.8 Å². The predicted octanol–water partition coefficient (Wildman–Crippen LogP) is 1.22. The van der Waals surface area contributed by atoms with Gasteiger partial charge in [-0.1, -0.05) is 13.8 Å². The second kappa shape index (κ2) is 11.1. The first-order valence-electron chi connectivity index (χ1n) is 13.5. The van der Waals surface area contributed by atoms with Gasteiger partial charge in [-0.3, -0.25) is 9.59 Å². The van der Waals surface area contributed by atoms with E-state index in [0.717, 1.165) is 19.3 Å². The number of hydrogen-bond acceptors (Lipinski definition) is 8. The van der Waals surface area contributed by atoms with Crippen molar-refractivity contribution in [2.45, 2.75) is 89.2 Å². The van der Waals surface area contributed by atoms with Crippen LogP contribution in [0.2, 0.25) is 0 Å². The van der Waals surface area contributed by atoms with Gasteiger partial charge in [0.05, 0.1) is 12.6 Å². The van der Waals surface area contributed by atoms with Crippen LogP contribution >= 0.6 is 0 Å². The van der Waals surface area contributed by atoms with Crippen LogP contribution in [0, 0.1) is 35.0 Å². The molecular weight excluding hydrogens is 502 g/mol. The number of hydrogen-bond donors (Lipinski definition) is 4. The van der Waals surface area contributed by atoms with Crippen molar-refractivity contribution in [1.29, 1.82) is 0 Å². The maximum absolute atomic E-state index is 13.1. The van der Waals surface area contributed by atoms with E-state index < -0.39 is 45.6 Å². The summed E-state index contributed by atoms with van der Waals surface area (Å²) < 4.78 is 40.2. The Balaban J connectivity index is 1.38. The Morgan fingerprint density at radius 1 is 1.14 bits per heavy atom. The molecule has 4 aliphatic carbocycles. The van der Waals surface area contributed by atoms with Crippen molar-refractivity contribution in [3.05, 3.63) is 0 Å². The normalized spacial score (nSPS) is 33.1. The lowest BCUT2D eigenvalue weighted by atomic mass is 9.50. The number of carbonyl (C=O) groups is 3. The maximum Gasteiger partial charge on any atom is 0.407 e. The van der Waals surface area contributed by atoms with E-state index in [-0.39, 0.29) is 30.1 Å². The van der Waals surface area contributed by atoms with Crippen molar-refractivity contribution in [2.24, 2.45) is 35.0 Å². The van der Waals surface area contributed by atoms with Gasteiger partial charge >= 0.3 is 6.09 Å². The number of aliphatic hydroxyl groups is 1. The van der Waals surface area contributed by atoms with Gasteiger partial charge in [-0.2, -0.15) is 0 Å². The van der Waals surface area contributed by atoms with Crippen LogP contribution in [0.3, 0.4) is 0 Å². The second-order valence-electron chi connectivity index (χ2n) is 12.3. The van der Waals surface area contributed by atoms with E-state index in [9.17, 15) is 32.5 Å². The SMILES string of the molecule is CC(C)C[C@H](NC(=O)OCC12CC3CC(CC(C3)C1)C2)C(=O)NC(CC1CCNC1=O)C(O)S(=O)(=O)[O-]. The Morgan fingerprint density at radius 3 is 2.22 bits per heavy atom. The van der Waals surface area contributed by atoms with Crippen LogP contribution in [-0.2, 0) is 24.4 Å². The third kappa shape index (κ3) is 6.94. The molecule has 4 saturated carbocycles. The summed E-state index contributed by atoms with van der Waals surface area (Å²) in [6.07, 6.45) is 6.71. The Labute approximate surface area is 218 Å². The molecule has 1 saturated heterocycles. The standard InChI is InChI=1S/C25H41N3O8S/c1-14(2)5-19(22(30)27-20(23(31)37(33,34)35)9-18-3-4-26-21(18)29)28-24(32)36-13-25-10-15-6-16(11-25)8-17(7-15)12-25/h14-20,23,31H,3-13H2,1-2H3,(H,26,29)(H,27,30)(H,28,32)(H,33,34,35)/p-1/t15?,16?,17?,18?,19-,20?,23?,25?/m0/s1. The molecule has 0 radical (unpaired) electrons. The van der Waals surface area contributed by atoms with Crippen LogP contribution in [-0.4, -0.2) is 66.7 Å². The fourth-order valence-corrected chi connectivity index (χ4v) is 8.06. The Bertz CT molecular complexity index is 949. The first-order chi connectivity index (χ1) is 17.3. The smallest absolute Gasteiger partial charge is 0.407 e. The van der Waals surface area contributed by atoms with Crippen LogP contribution in [0.15, 0.2) is 0 Å². The molecule has 0 aromatic heterocycles. The van der Waals surface area contributed by atoms with Crippen molar-refractivity contribution in [3.8, 4) is 0 Å². The number of rotatable bonds is 11. The average molecular weight is 543 g/mol. The van der Waals surface area contributed by atoms with E-state index in [2.05, 4.69) is 16.0 Å². The van der Waals surface area contributed by atoms with Gasteiger partial charge in [-0.15, -0.1) is 0 Å². The molecule has 11 nitrogen and oxygen atoms in total. The van der Waals surface area contributed by atoms with Crippen LogP contribution in [0.25, 0.3) is 0 Å². The summed E-state index contributed by atoms with van der Waals surface area (Å²) in [5.41, 5.74) is -2.41. The third-order valence-electron chi connectivity index (χ3n) is 8.66. The van der Waals surface area contributed by atoms with Gasteiger partial charge < -0.3 is 30.3 Å². The fraction of sp³-hybridized carbons (Fsp3) is 0.880. The highest BCUT2D eigenvalue weighted by molar-refractivity contribution is 7.86. The fourth-order valence-electron chi connectivity index (χ4n) is 7.48. The highest BCUT2D eigenvalue weighted by Gasteiger charge is 2.51. The monoisotopic (exact) mass is 542 g/mol. The molecule has 3 unspecified atom stereocenters. The molecule has 5 fully saturated rings. The van der Waals surface area contributed by atoms with E-state index in [1.165, 1.54) is 19.3 Å². The molecule has 1 aliphatic heterocycles. The molecule has 37 heavy (non-hydrogen) atoms. The topological polar surface area (TPSA) is 174 Å². The molecule has 1 heterocycles. The van der Waals surface area contributed by atoms with Crippen LogP contribution in [0.5, 0.6) is 0 Å². The summed E-state index contributed by atoms with van der Waals surface area (Å²) in [5, 5.41) is 17.8. The van der Waals surface area contributed by atoms with Crippen molar-refractivity contribution in [1.82, 2.24) is 16.0 Å². The number of amides is 3. The zero-order chi connectivity index (χ0) is 27.0. The van der Waals surface area contributed by atoms with Crippen molar-refractivity contribution in [2.75, 3.05) is 13.2 Å². The van der Waals surface area contributed by atoms with E-state index in [4.69, 9.17) is 4.74 Å². The quantitative estimate of drug-likeness (QED) is 0.282. The Hall–Kier alpha value is -1.92. The zero-order valence-electron chi connectivity index (χ0n) is 21.6. The summed E-state index contributed by atoms with van der Waals surface area (Å²) in [6, 6.07) is -2.56. The number of alkyl carbamates (subject to hydrolysis) is 1. The van der Waals surface area contributed by atoms with Gasteiger partial charge in [0.25, 0.3) is 0 Å². The lowest BCUT2D eigenvalue weighted by Crippen LogP contribution is -2.55. The zero-order valence-corrected chi connectivity index (χ0v) is 22.4. The van der Waals surface area contributed by atoms with Crippen molar-refractivity contribution in [3.63, 3.8) is 0 Å². The van der Waals surface area contributed by atoms with Crippen LogP contribution < -0.4 is 16.0 Å². The molecule has 0 aromatic carbocycles. The average Bonchev–Trinajstić information content (AvgIpc) is 3.18. The predicted molar refractivity (Wildman–Crippen MR) is 132 cm³/mol. The summed E-state index contributed by atoms with van der Waals surface area (Å²) in [4.78, 5) is 37.9. The minimum Gasteiger partial charge on any atom is -0.746 e. The van der Waals surface area contributed by atoms with E-state index in [1.807, 2.05) is 13.8 Å². The molecule has 0 spiro atoms. The second-order valence-corrected chi connectivity index (χ2v) is 13.8. The third-order valence-corrected chi connectivity index (χ3v) is 9.58. The molecule has 4 bridgehead atoms. The van der Waals surface area contributed by atoms with Gasteiger partial charge in [0.1, 0.15) is 16.2 Å². The van der Waals surface area contributed by atoms with Crippen molar-refractivity contribution < 1.29 is 37.2 Å². The molecule has 3 amide bonds. The maximum atomic E-state index is 13.1. The summed E-state index contributed by atoms with van der Waals surface area (Å²) in [7, 11) is -5.16. The minimum absolute atomic E-state index is 0.00794. The number of nitrogens with one attached hydrogen (secondary N) is 3. The highest BCUT2D eigenvalue weighted by Crippen LogP contribution is 2.60. The molecule has 12 heteroatoms. The Morgan fingerprint density at radius 2 is 1.73 bits per heavy atom. The van der Waals surface area contributed by atoms with Crippen LogP contribution in [0.1, 0.15) is 71.6 Å². The van der Waals surface area contributed by atoms with Crippen molar-refractivity contribution >= 4 is 28.0 Å². The largest absolute Gasteiger partial charge is 0.746 e. The minimum atomic E-state index is -5.16. The summed E-state index contributed by atoms with van der Waals surface area (Å²) in [6.45, 7) is 4.42. The van der Waals surface area contributed by atoms with Gasteiger partial charge in [0.15, 0.2) is 5.44 Å². The lowest BCUT2D eigenvalue weighted by molar-refractivity contribution is -0.126. The van der Waals surface area contributed by atoms with Crippen LogP contribution in [0.4, 0.5) is 4.79 Å². The van der Waals surface area contributed by atoms with E-state index in [0.29, 0.717) is 37.3 Å². The molecule has 5 rings (SSSR count). The molecule has 210 valence electrons. The molecule has 4 atom stereocenters. The number of carbonyl (C=O) groups excluding carboxylic acids is 3. The molecule has 4 N–H and O–H groups in total. The number of ether oxygens (including phenoxy) is 1. The first kappa shape index (κ1) is 28.1. The van der Waals surface area contributed by atoms with Gasteiger partial charge in [-0.05, 0) is 81.5 Å². The first-order valence-corrected chi connectivity index (χ1v) is 14.9. The van der Waals surface area contributed by atoms with Gasteiger partial charge in [-0.25, -0.2) is 13.2 Å². The lowest BCUT2D eigenvalue weighted by Gasteiger charge is -2.56. The molecular formula is C25H40N3O8S-. The molecule has 0 aromatic rings. The highest BCUT2D eigenvalue weighted by atomic mass is 32.2. The number of aliphatic hydroxyl groups excluding tert-OH is 1. The van der Waals surface area contributed by atoms with E-state index >= 15 is 0 Å².